The van der Waals surface area contributed by atoms with Crippen molar-refractivity contribution in [1.82, 2.24) is 0 Å². The van der Waals surface area contributed by atoms with Crippen LogP contribution in [0.1, 0.15) is 18.1 Å². The largest absolute Gasteiger partial charge is 0.733 e. The fraction of sp³-hybridized carbons (Fsp3) is 0.111. The third-order valence-corrected chi connectivity index (χ3v) is 3.42. The number of anilines is 2. The SMILES string of the molecule is CC(=O)/C(=C/c1cccc(N([O-])O)c1)C(=O)Nc1ccccc1C. The Morgan fingerprint density at radius 3 is 2.50 bits per heavy atom. The first-order valence-corrected chi connectivity index (χ1v) is 7.24. The second-order valence-corrected chi connectivity index (χ2v) is 5.25. The summed E-state index contributed by atoms with van der Waals surface area (Å²) in [6.07, 6.45) is 1.38. The lowest BCUT2D eigenvalue weighted by Crippen LogP contribution is -2.19. The molecule has 0 spiro atoms. The third kappa shape index (κ3) is 4.28. The van der Waals surface area contributed by atoms with E-state index in [1.807, 2.05) is 19.1 Å². The molecule has 2 aromatic carbocycles. The first-order valence-electron chi connectivity index (χ1n) is 7.24. The lowest BCUT2D eigenvalue weighted by molar-refractivity contribution is -0.118. The molecule has 2 aromatic rings. The highest BCUT2D eigenvalue weighted by Crippen LogP contribution is 2.18. The Labute approximate surface area is 139 Å². The summed E-state index contributed by atoms with van der Waals surface area (Å²) in [7, 11) is 0. The van der Waals surface area contributed by atoms with Gasteiger partial charge in [0.2, 0.25) is 0 Å². The van der Waals surface area contributed by atoms with Crippen molar-refractivity contribution in [2.24, 2.45) is 0 Å². The molecule has 0 aromatic heterocycles. The number of carbonyl (C=O) groups is 2. The van der Waals surface area contributed by atoms with E-state index in [4.69, 9.17) is 5.21 Å². The van der Waals surface area contributed by atoms with E-state index in [2.05, 4.69) is 5.32 Å². The average Bonchev–Trinajstić information content (AvgIpc) is 2.54. The summed E-state index contributed by atoms with van der Waals surface area (Å²) in [4.78, 5) is 24.2. The molecule has 24 heavy (non-hydrogen) atoms. The smallest absolute Gasteiger partial charge is 0.259 e. The minimum absolute atomic E-state index is 0.00552. The predicted molar refractivity (Wildman–Crippen MR) is 92.5 cm³/mol. The van der Waals surface area contributed by atoms with Crippen LogP contribution in [0, 0.1) is 12.1 Å². The average molecular weight is 325 g/mol. The van der Waals surface area contributed by atoms with Gasteiger partial charge in [0.1, 0.15) is 0 Å². The molecule has 0 atom stereocenters. The summed E-state index contributed by atoms with van der Waals surface area (Å²) >= 11 is 0. The van der Waals surface area contributed by atoms with Crippen LogP contribution < -0.4 is 10.5 Å². The Kier molecular flexibility index (Phi) is 5.47. The van der Waals surface area contributed by atoms with E-state index in [1.54, 1.807) is 24.3 Å². The van der Waals surface area contributed by atoms with Gasteiger partial charge < -0.3 is 15.8 Å². The zero-order valence-corrected chi connectivity index (χ0v) is 13.3. The Morgan fingerprint density at radius 1 is 1.17 bits per heavy atom. The standard InChI is InChI=1S/C18H17N2O4/c1-12-6-3-4-9-17(12)19-18(22)16(13(2)21)11-14-7-5-8-15(10-14)20(23)24/h3-11,23H,1-2H3,(H,19,22)/q-1/b16-11-. The Hall–Kier alpha value is -2.96. The first-order chi connectivity index (χ1) is 11.4. The number of hydrogen-bond acceptors (Lipinski definition) is 5. The van der Waals surface area contributed by atoms with Crippen LogP contribution >= 0.6 is 0 Å². The van der Waals surface area contributed by atoms with Gasteiger partial charge in [0.05, 0.1) is 11.3 Å². The van der Waals surface area contributed by atoms with Gasteiger partial charge >= 0.3 is 0 Å². The molecule has 0 radical (unpaired) electrons. The van der Waals surface area contributed by atoms with Gasteiger partial charge in [-0.2, -0.15) is 0 Å². The number of nitrogens with one attached hydrogen (secondary N) is 1. The van der Waals surface area contributed by atoms with Crippen molar-refractivity contribution in [3.8, 4) is 0 Å². The molecule has 2 N–H and O–H groups in total. The second kappa shape index (κ2) is 7.54. The molecule has 0 saturated carbocycles. The normalized spacial score (nSPS) is 11.1. The molecule has 0 saturated heterocycles. The number of rotatable bonds is 5. The highest BCUT2D eigenvalue weighted by Gasteiger charge is 2.15. The number of para-hydroxylation sites is 1. The van der Waals surface area contributed by atoms with Crippen molar-refractivity contribution >= 4 is 29.1 Å². The Balaban J connectivity index is 2.32. The number of benzene rings is 2. The van der Waals surface area contributed by atoms with E-state index < -0.39 is 11.7 Å². The highest BCUT2D eigenvalue weighted by molar-refractivity contribution is 6.25. The molecule has 0 heterocycles. The summed E-state index contributed by atoms with van der Waals surface area (Å²) in [5.74, 6) is -0.945. The molecule has 0 aliphatic heterocycles. The van der Waals surface area contributed by atoms with Gasteiger partial charge in [-0.05, 0) is 49.2 Å². The van der Waals surface area contributed by atoms with E-state index in [-0.39, 0.29) is 16.5 Å². The van der Waals surface area contributed by atoms with Crippen molar-refractivity contribution < 1.29 is 14.8 Å². The van der Waals surface area contributed by atoms with Crippen LogP contribution in [0.5, 0.6) is 0 Å². The zero-order chi connectivity index (χ0) is 17.7. The number of amides is 1. The number of ketones is 1. The highest BCUT2D eigenvalue weighted by atomic mass is 16.8. The maximum atomic E-state index is 12.4. The third-order valence-electron chi connectivity index (χ3n) is 3.42. The predicted octanol–water partition coefficient (Wildman–Crippen LogP) is 3.30. The Morgan fingerprint density at radius 2 is 1.88 bits per heavy atom. The number of Topliss-reactive ketones (excluding diaryl/α,β-unsaturated/α-hetero) is 1. The molecular formula is C18H17N2O4-. The minimum Gasteiger partial charge on any atom is -0.733 e. The summed E-state index contributed by atoms with van der Waals surface area (Å²) in [6, 6.07) is 13.2. The lowest BCUT2D eigenvalue weighted by Gasteiger charge is -2.21. The van der Waals surface area contributed by atoms with Gasteiger partial charge in [-0.15, -0.1) is 0 Å². The first kappa shape index (κ1) is 17.4. The summed E-state index contributed by atoms with van der Waals surface area (Å²) in [5, 5.41) is 22.3. The van der Waals surface area contributed by atoms with E-state index in [1.165, 1.54) is 25.1 Å². The van der Waals surface area contributed by atoms with E-state index in [0.717, 1.165) is 5.56 Å². The maximum Gasteiger partial charge on any atom is 0.259 e. The Bertz CT molecular complexity index is 797. The summed E-state index contributed by atoms with van der Waals surface area (Å²) in [5.41, 5.74) is 1.90. The molecule has 6 nitrogen and oxygen atoms in total. The fourth-order valence-electron chi connectivity index (χ4n) is 2.13. The van der Waals surface area contributed by atoms with Crippen molar-refractivity contribution in [2.75, 3.05) is 10.5 Å². The zero-order valence-electron chi connectivity index (χ0n) is 13.3. The van der Waals surface area contributed by atoms with E-state index >= 15 is 0 Å². The molecule has 2 rings (SSSR count). The van der Waals surface area contributed by atoms with Gasteiger partial charge in [-0.25, -0.2) is 0 Å². The van der Waals surface area contributed by atoms with Gasteiger partial charge in [0, 0.05) is 5.69 Å². The topological polar surface area (TPSA) is 92.7 Å². The number of aryl methyl sites for hydroxylation is 1. The number of nitrogens with zero attached hydrogens (tertiary/aromatic N) is 1. The second-order valence-electron chi connectivity index (χ2n) is 5.25. The molecule has 124 valence electrons. The van der Waals surface area contributed by atoms with Crippen LogP contribution in [0.15, 0.2) is 54.1 Å². The van der Waals surface area contributed by atoms with Crippen LogP contribution in [-0.2, 0) is 9.59 Å². The molecule has 0 aliphatic rings. The fourth-order valence-corrected chi connectivity index (χ4v) is 2.13. The van der Waals surface area contributed by atoms with Crippen LogP contribution in [0.2, 0.25) is 0 Å². The van der Waals surface area contributed by atoms with Crippen LogP contribution in [0.25, 0.3) is 6.08 Å². The summed E-state index contributed by atoms with van der Waals surface area (Å²) < 4.78 is 0. The minimum atomic E-state index is -0.537. The molecule has 0 aliphatic carbocycles. The lowest BCUT2D eigenvalue weighted by atomic mass is 10.1. The van der Waals surface area contributed by atoms with Crippen molar-refractivity contribution in [2.45, 2.75) is 13.8 Å². The van der Waals surface area contributed by atoms with Gasteiger partial charge in [0.25, 0.3) is 5.91 Å². The summed E-state index contributed by atoms with van der Waals surface area (Å²) in [6.45, 7) is 3.14. The molecule has 0 bridgehead atoms. The molecule has 0 unspecified atom stereocenters. The van der Waals surface area contributed by atoms with Crippen LogP contribution in [-0.4, -0.2) is 16.9 Å². The van der Waals surface area contributed by atoms with Crippen molar-refractivity contribution in [3.63, 3.8) is 0 Å². The quantitative estimate of drug-likeness (QED) is 0.381. The van der Waals surface area contributed by atoms with Gasteiger partial charge in [-0.3, -0.25) is 14.8 Å². The monoisotopic (exact) mass is 325 g/mol. The van der Waals surface area contributed by atoms with Crippen molar-refractivity contribution in [3.05, 3.63) is 70.4 Å². The molecular weight excluding hydrogens is 308 g/mol. The van der Waals surface area contributed by atoms with E-state index in [0.29, 0.717) is 11.3 Å². The van der Waals surface area contributed by atoms with Crippen LogP contribution in [0.4, 0.5) is 11.4 Å². The molecule has 0 fully saturated rings. The maximum absolute atomic E-state index is 12.4. The number of carbonyl (C=O) groups excluding carboxylic acids is 2. The van der Waals surface area contributed by atoms with E-state index in [9.17, 15) is 14.8 Å². The molecule has 1 amide bonds. The van der Waals surface area contributed by atoms with Crippen LogP contribution in [0.3, 0.4) is 0 Å². The molecule has 6 heteroatoms. The van der Waals surface area contributed by atoms with Gasteiger partial charge in [-0.1, -0.05) is 30.3 Å². The number of hydrogen-bond donors (Lipinski definition) is 2. The van der Waals surface area contributed by atoms with Gasteiger partial charge in [0.15, 0.2) is 5.78 Å². The van der Waals surface area contributed by atoms with Crippen molar-refractivity contribution in [1.29, 1.82) is 0 Å².